The van der Waals surface area contributed by atoms with Crippen LogP contribution >= 0.6 is 0 Å². The molecule has 2 aromatic rings. The van der Waals surface area contributed by atoms with Gasteiger partial charge in [-0.05, 0) is 12.1 Å². The standard InChI is InChI=1S/C9H8F2N4/c10-5-2-1-3-6(11)8(5)14-7-4-13-15-9(7)12/h1-4,14H,(H3,12,13,15). The van der Waals surface area contributed by atoms with Gasteiger partial charge in [-0.25, -0.2) is 8.78 Å². The van der Waals surface area contributed by atoms with Gasteiger partial charge in [0.05, 0.1) is 6.20 Å². The lowest BCUT2D eigenvalue weighted by atomic mass is 10.3. The largest absolute Gasteiger partial charge is 0.382 e. The average molecular weight is 210 g/mol. The summed E-state index contributed by atoms with van der Waals surface area (Å²) in [6.07, 6.45) is 1.35. The summed E-state index contributed by atoms with van der Waals surface area (Å²) in [6.45, 7) is 0. The maximum atomic E-state index is 13.2. The topological polar surface area (TPSA) is 66.7 Å². The first kappa shape index (κ1) is 9.45. The van der Waals surface area contributed by atoms with E-state index in [1.165, 1.54) is 12.3 Å². The minimum absolute atomic E-state index is 0.220. The lowest BCUT2D eigenvalue weighted by Gasteiger charge is -2.06. The molecule has 0 atom stereocenters. The number of nitrogens with zero attached hydrogens (tertiary/aromatic N) is 1. The fraction of sp³-hybridized carbons (Fsp3) is 0. The highest BCUT2D eigenvalue weighted by Gasteiger charge is 2.10. The summed E-state index contributed by atoms with van der Waals surface area (Å²) < 4.78 is 26.4. The molecular weight excluding hydrogens is 202 g/mol. The van der Waals surface area contributed by atoms with Gasteiger partial charge in [0.15, 0.2) is 0 Å². The van der Waals surface area contributed by atoms with E-state index in [1.54, 1.807) is 0 Å². The van der Waals surface area contributed by atoms with E-state index in [0.29, 0.717) is 5.69 Å². The molecule has 1 aromatic heterocycles. The van der Waals surface area contributed by atoms with Crippen molar-refractivity contribution in [1.29, 1.82) is 0 Å². The van der Waals surface area contributed by atoms with E-state index in [2.05, 4.69) is 15.5 Å². The van der Waals surface area contributed by atoms with E-state index < -0.39 is 11.6 Å². The van der Waals surface area contributed by atoms with Gasteiger partial charge in [0, 0.05) is 0 Å². The van der Waals surface area contributed by atoms with Crippen molar-refractivity contribution in [2.45, 2.75) is 0 Å². The van der Waals surface area contributed by atoms with E-state index in [0.717, 1.165) is 12.1 Å². The molecule has 0 aliphatic carbocycles. The molecule has 0 fully saturated rings. The number of nitrogens with one attached hydrogen (secondary N) is 2. The van der Waals surface area contributed by atoms with Crippen molar-refractivity contribution in [2.75, 3.05) is 11.1 Å². The Balaban J connectivity index is 2.36. The van der Waals surface area contributed by atoms with Crippen LogP contribution in [0.15, 0.2) is 24.4 Å². The van der Waals surface area contributed by atoms with Crippen molar-refractivity contribution >= 4 is 17.2 Å². The first-order valence-electron chi connectivity index (χ1n) is 4.18. The number of H-pyrrole nitrogens is 1. The molecule has 0 spiro atoms. The number of benzene rings is 1. The van der Waals surface area contributed by atoms with E-state index in [1.807, 2.05) is 0 Å². The quantitative estimate of drug-likeness (QED) is 0.710. The molecule has 0 saturated heterocycles. The molecule has 0 unspecified atom stereocenters. The van der Waals surface area contributed by atoms with Gasteiger partial charge in [-0.1, -0.05) is 6.07 Å². The fourth-order valence-corrected chi connectivity index (χ4v) is 1.15. The Morgan fingerprint density at radius 2 is 1.93 bits per heavy atom. The molecule has 0 saturated carbocycles. The Morgan fingerprint density at radius 1 is 1.27 bits per heavy atom. The van der Waals surface area contributed by atoms with Crippen LogP contribution in [0.5, 0.6) is 0 Å². The van der Waals surface area contributed by atoms with E-state index >= 15 is 0 Å². The number of nitrogens with two attached hydrogens (primary N) is 1. The van der Waals surface area contributed by atoms with Gasteiger partial charge in [0.2, 0.25) is 0 Å². The maximum absolute atomic E-state index is 13.2. The normalized spacial score (nSPS) is 10.3. The fourth-order valence-electron chi connectivity index (χ4n) is 1.15. The number of anilines is 3. The Hall–Kier alpha value is -2.11. The van der Waals surface area contributed by atoms with Gasteiger partial charge in [-0.15, -0.1) is 0 Å². The second-order valence-corrected chi connectivity index (χ2v) is 2.92. The molecule has 4 N–H and O–H groups in total. The van der Waals surface area contributed by atoms with Gasteiger partial charge >= 0.3 is 0 Å². The molecule has 0 amide bonds. The first-order valence-corrected chi connectivity index (χ1v) is 4.18. The number of hydrogen-bond acceptors (Lipinski definition) is 3. The van der Waals surface area contributed by atoms with Crippen molar-refractivity contribution < 1.29 is 8.78 Å². The third-order valence-corrected chi connectivity index (χ3v) is 1.89. The summed E-state index contributed by atoms with van der Waals surface area (Å²) in [5, 5.41) is 8.59. The van der Waals surface area contributed by atoms with Crippen LogP contribution in [0.25, 0.3) is 0 Å². The molecule has 1 aromatic carbocycles. The monoisotopic (exact) mass is 210 g/mol. The third kappa shape index (κ3) is 1.74. The van der Waals surface area contributed by atoms with Crippen LogP contribution < -0.4 is 11.1 Å². The molecule has 15 heavy (non-hydrogen) atoms. The second kappa shape index (κ2) is 3.56. The highest BCUT2D eigenvalue weighted by Crippen LogP contribution is 2.25. The van der Waals surface area contributed by atoms with Crippen molar-refractivity contribution in [2.24, 2.45) is 0 Å². The molecule has 4 nitrogen and oxygen atoms in total. The number of aromatic nitrogens is 2. The highest BCUT2D eigenvalue weighted by molar-refractivity contribution is 5.69. The Labute approximate surface area is 84.1 Å². The number of halogens is 2. The zero-order valence-electron chi connectivity index (χ0n) is 7.59. The number of hydrogen-bond donors (Lipinski definition) is 3. The van der Waals surface area contributed by atoms with Gasteiger partial charge in [0.25, 0.3) is 0 Å². The summed E-state index contributed by atoms with van der Waals surface area (Å²) in [6, 6.07) is 3.60. The highest BCUT2D eigenvalue weighted by atomic mass is 19.1. The third-order valence-electron chi connectivity index (χ3n) is 1.89. The summed E-state index contributed by atoms with van der Waals surface area (Å²) in [7, 11) is 0. The van der Waals surface area contributed by atoms with Gasteiger partial charge in [0.1, 0.15) is 28.8 Å². The summed E-state index contributed by atoms with van der Waals surface area (Å²) >= 11 is 0. The van der Waals surface area contributed by atoms with Gasteiger partial charge in [-0.2, -0.15) is 5.10 Å². The zero-order chi connectivity index (χ0) is 10.8. The summed E-state index contributed by atoms with van der Waals surface area (Å²) in [4.78, 5) is 0. The second-order valence-electron chi connectivity index (χ2n) is 2.92. The van der Waals surface area contributed by atoms with Crippen LogP contribution in [0.1, 0.15) is 0 Å². The number of nitrogen functional groups attached to an aromatic ring is 1. The maximum Gasteiger partial charge on any atom is 0.149 e. The number of aromatic amines is 1. The first-order chi connectivity index (χ1) is 7.18. The zero-order valence-corrected chi connectivity index (χ0v) is 7.59. The predicted octanol–water partition coefficient (Wildman–Crippen LogP) is 2.01. The molecule has 0 bridgehead atoms. The molecule has 0 aliphatic rings. The minimum Gasteiger partial charge on any atom is -0.382 e. The predicted molar refractivity (Wildman–Crippen MR) is 52.6 cm³/mol. The smallest absolute Gasteiger partial charge is 0.149 e. The van der Waals surface area contributed by atoms with Crippen molar-refractivity contribution in [1.82, 2.24) is 10.2 Å². The van der Waals surface area contributed by atoms with Crippen LogP contribution in [-0.4, -0.2) is 10.2 Å². The molecule has 2 rings (SSSR count). The van der Waals surface area contributed by atoms with Crippen LogP contribution in [-0.2, 0) is 0 Å². The van der Waals surface area contributed by atoms with Gasteiger partial charge < -0.3 is 11.1 Å². The molecule has 0 radical (unpaired) electrons. The Bertz CT molecular complexity index is 460. The average Bonchev–Trinajstić information content (AvgIpc) is 2.58. The molecule has 0 aliphatic heterocycles. The van der Waals surface area contributed by atoms with Crippen LogP contribution in [0.3, 0.4) is 0 Å². The van der Waals surface area contributed by atoms with Gasteiger partial charge in [-0.3, -0.25) is 5.10 Å². The van der Waals surface area contributed by atoms with Crippen LogP contribution in [0.2, 0.25) is 0 Å². The van der Waals surface area contributed by atoms with E-state index in [4.69, 9.17) is 5.73 Å². The Kier molecular flexibility index (Phi) is 2.24. The SMILES string of the molecule is Nc1[nH]ncc1Nc1c(F)cccc1F. The minimum atomic E-state index is -0.685. The lowest BCUT2D eigenvalue weighted by molar-refractivity contribution is 0.591. The molecule has 1 heterocycles. The molecule has 6 heteroatoms. The summed E-state index contributed by atoms with van der Waals surface area (Å²) in [5.41, 5.74) is 5.55. The lowest BCUT2D eigenvalue weighted by Crippen LogP contribution is -1.98. The number of rotatable bonds is 2. The Morgan fingerprint density at radius 3 is 2.47 bits per heavy atom. The number of para-hydroxylation sites is 1. The van der Waals surface area contributed by atoms with Crippen LogP contribution in [0, 0.1) is 11.6 Å². The van der Waals surface area contributed by atoms with E-state index in [-0.39, 0.29) is 11.5 Å². The summed E-state index contributed by atoms with van der Waals surface area (Å²) in [5.74, 6) is -1.15. The van der Waals surface area contributed by atoms with Crippen molar-refractivity contribution in [3.05, 3.63) is 36.0 Å². The van der Waals surface area contributed by atoms with Crippen molar-refractivity contribution in [3.63, 3.8) is 0 Å². The van der Waals surface area contributed by atoms with Crippen molar-refractivity contribution in [3.8, 4) is 0 Å². The van der Waals surface area contributed by atoms with E-state index in [9.17, 15) is 8.78 Å². The molecular formula is C9H8F2N4. The molecule has 78 valence electrons. The van der Waals surface area contributed by atoms with Crippen LogP contribution in [0.4, 0.5) is 26.0 Å².